The van der Waals surface area contributed by atoms with Crippen molar-refractivity contribution in [1.29, 1.82) is 0 Å². The van der Waals surface area contributed by atoms with Gasteiger partial charge in [-0.15, -0.1) is 0 Å². The second-order valence-electron chi connectivity index (χ2n) is 6.91. The maximum Gasteiger partial charge on any atom is 0.410 e. The van der Waals surface area contributed by atoms with Gasteiger partial charge in [0.15, 0.2) is 0 Å². The predicted molar refractivity (Wildman–Crippen MR) is 93.8 cm³/mol. The van der Waals surface area contributed by atoms with Gasteiger partial charge in [0.25, 0.3) is 15.8 Å². The Morgan fingerprint density at radius 2 is 1.96 bits per heavy atom. The van der Waals surface area contributed by atoms with E-state index in [4.69, 9.17) is 13.7 Å². The fourth-order valence-electron chi connectivity index (χ4n) is 2.28. The lowest BCUT2D eigenvalue weighted by Gasteiger charge is -2.33. The van der Waals surface area contributed by atoms with E-state index in [0.29, 0.717) is 6.54 Å². The average Bonchev–Trinajstić information content (AvgIpc) is 2.59. The molecule has 1 aromatic rings. The van der Waals surface area contributed by atoms with Gasteiger partial charge in [-0.1, -0.05) is 0 Å². The molecule has 0 saturated carbocycles. The van der Waals surface area contributed by atoms with E-state index in [9.17, 15) is 23.3 Å². The number of carbonyl (C=O) groups excluding carboxylic acids is 1. The fraction of sp³-hybridized carbons (Fsp3) is 0.562. The summed E-state index contributed by atoms with van der Waals surface area (Å²) in [6.45, 7) is 5.66. The summed E-state index contributed by atoms with van der Waals surface area (Å²) >= 11 is 0. The standard InChI is InChI=1S/C16H22N2O8S/c1-16(2,3)26-15(19)17-8-9-24-13(10-17)11-25-27(22,23)14-6-4-12(5-7-14)18(20)21/h4-7,13H,8-11H2,1-3H3/t13-/m1/s1. The summed E-state index contributed by atoms with van der Waals surface area (Å²) in [5.74, 6) is 0. The molecule has 1 aliphatic rings. The maximum absolute atomic E-state index is 12.2. The smallest absolute Gasteiger partial charge is 0.410 e. The molecular formula is C16H22N2O8S. The number of non-ortho nitro benzene ring substituents is 1. The molecule has 27 heavy (non-hydrogen) atoms. The molecule has 1 amide bonds. The molecule has 0 radical (unpaired) electrons. The van der Waals surface area contributed by atoms with Gasteiger partial charge in [-0.3, -0.25) is 14.3 Å². The summed E-state index contributed by atoms with van der Waals surface area (Å²) in [6, 6.07) is 4.36. The summed E-state index contributed by atoms with van der Waals surface area (Å²) in [5, 5.41) is 10.6. The van der Waals surface area contributed by atoms with Crippen LogP contribution in [0, 0.1) is 10.1 Å². The largest absolute Gasteiger partial charge is 0.444 e. The Labute approximate surface area is 157 Å². The van der Waals surface area contributed by atoms with Crippen molar-refractivity contribution in [2.24, 2.45) is 0 Å². The van der Waals surface area contributed by atoms with Gasteiger partial charge >= 0.3 is 6.09 Å². The number of benzene rings is 1. The molecule has 1 atom stereocenters. The number of morpholine rings is 1. The van der Waals surface area contributed by atoms with Gasteiger partial charge in [0, 0.05) is 18.7 Å². The molecule has 1 fully saturated rings. The number of amides is 1. The number of hydrogen-bond donors (Lipinski definition) is 0. The second kappa shape index (κ2) is 8.19. The van der Waals surface area contributed by atoms with Crippen molar-refractivity contribution in [3.8, 4) is 0 Å². The highest BCUT2D eigenvalue weighted by Crippen LogP contribution is 2.19. The van der Waals surface area contributed by atoms with Crippen molar-refractivity contribution in [2.75, 3.05) is 26.3 Å². The van der Waals surface area contributed by atoms with Crippen LogP contribution in [-0.2, 0) is 23.8 Å². The van der Waals surface area contributed by atoms with Crippen LogP contribution in [0.2, 0.25) is 0 Å². The first-order valence-corrected chi connectivity index (χ1v) is 9.62. The topological polar surface area (TPSA) is 125 Å². The van der Waals surface area contributed by atoms with Crippen LogP contribution in [0.4, 0.5) is 10.5 Å². The van der Waals surface area contributed by atoms with Gasteiger partial charge in [0.2, 0.25) is 0 Å². The monoisotopic (exact) mass is 402 g/mol. The predicted octanol–water partition coefficient (Wildman–Crippen LogP) is 1.94. The van der Waals surface area contributed by atoms with Gasteiger partial charge in [0.1, 0.15) is 11.7 Å². The van der Waals surface area contributed by atoms with Crippen molar-refractivity contribution in [1.82, 2.24) is 4.90 Å². The Kier molecular flexibility index (Phi) is 6.39. The molecule has 1 saturated heterocycles. The molecular weight excluding hydrogens is 380 g/mol. The SMILES string of the molecule is CC(C)(C)OC(=O)N1CCO[C@@H](COS(=O)(=O)c2ccc([N+](=O)[O-])cc2)C1. The van der Waals surface area contributed by atoms with Crippen molar-refractivity contribution < 1.29 is 31.8 Å². The van der Waals surface area contributed by atoms with E-state index < -0.39 is 32.8 Å². The van der Waals surface area contributed by atoms with Crippen LogP contribution in [-0.4, -0.2) is 62.3 Å². The number of nitrogens with zero attached hydrogens (tertiary/aromatic N) is 2. The number of hydrogen-bond acceptors (Lipinski definition) is 8. The quantitative estimate of drug-likeness (QED) is 0.415. The third kappa shape index (κ3) is 6.15. The normalized spacial score (nSPS) is 18.2. The number of carbonyl (C=O) groups is 1. The second-order valence-corrected chi connectivity index (χ2v) is 8.52. The van der Waals surface area contributed by atoms with Crippen LogP contribution in [0.3, 0.4) is 0 Å². The first-order valence-electron chi connectivity index (χ1n) is 8.21. The van der Waals surface area contributed by atoms with E-state index in [0.717, 1.165) is 24.3 Å². The van der Waals surface area contributed by atoms with Crippen LogP contribution in [0.15, 0.2) is 29.2 Å². The molecule has 1 heterocycles. The highest BCUT2D eigenvalue weighted by Gasteiger charge is 2.29. The number of nitro groups is 1. The average molecular weight is 402 g/mol. The van der Waals surface area contributed by atoms with Crippen molar-refractivity contribution in [3.05, 3.63) is 34.4 Å². The fourth-order valence-corrected chi connectivity index (χ4v) is 3.22. The lowest BCUT2D eigenvalue weighted by Crippen LogP contribution is -2.48. The zero-order valence-electron chi connectivity index (χ0n) is 15.3. The van der Waals surface area contributed by atoms with Crippen molar-refractivity contribution >= 4 is 21.9 Å². The summed E-state index contributed by atoms with van der Waals surface area (Å²) in [5.41, 5.74) is -0.863. The van der Waals surface area contributed by atoms with Gasteiger partial charge < -0.3 is 14.4 Å². The molecule has 0 aliphatic carbocycles. The lowest BCUT2D eigenvalue weighted by molar-refractivity contribution is -0.384. The van der Waals surface area contributed by atoms with Crippen molar-refractivity contribution in [2.45, 2.75) is 37.4 Å². The van der Waals surface area contributed by atoms with Crippen LogP contribution >= 0.6 is 0 Å². The molecule has 0 bridgehead atoms. The van der Waals surface area contributed by atoms with Gasteiger partial charge in [-0.05, 0) is 32.9 Å². The van der Waals surface area contributed by atoms with E-state index in [1.54, 1.807) is 20.8 Å². The third-order valence-electron chi connectivity index (χ3n) is 3.54. The number of ether oxygens (including phenoxy) is 2. The molecule has 0 unspecified atom stereocenters. The number of nitro benzene ring substituents is 1. The Morgan fingerprint density at radius 3 is 2.52 bits per heavy atom. The zero-order valence-corrected chi connectivity index (χ0v) is 16.1. The maximum atomic E-state index is 12.2. The van der Waals surface area contributed by atoms with E-state index in [2.05, 4.69) is 0 Å². The van der Waals surface area contributed by atoms with E-state index in [1.165, 1.54) is 4.90 Å². The van der Waals surface area contributed by atoms with Crippen LogP contribution < -0.4 is 0 Å². The molecule has 150 valence electrons. The Balaban J connectivity index is 1.94. The van der Waals surface area contributed by atoms with Gasteiger partial charge in [-0.25, -0.2) is 4.79 Å². The summed E-state index contributed by atoms with van der Waals surface area (Å²) < 4.78 is 40.1. The molecule has 11 heteroatoms. The lowest BCUT2D eigenvalue weighted by atomic mass is 10.2. The van der Waals surface area contributed by atoms with E-state index >= 15 is 0 Å². The van der Waals surface area contributed by atoms with Crippen LogP contribution in [0.5, 0.6) is 0 Å². The highest BCUT2D eigenvalue weighted by molar-refractivity contribution is 7.86. The molecule has 1 aromatic carbocycles. The molecule has 0 aromatic heterocycles. The highest BCUT2D eigenvalue weighted by atomic mass is 32.2. The summed E-state index contributed by atoms with van der Waals surface area (Å²) in [4.78, 5) is 23.3. The zero-order chi connectivity index (χ0) is 20.2. The molecule has 10 nitrogen and oxygen atoms in total. The minimum atomic E-state index is -4.11. The first kappa shape index (κ1) is 21.1. The Morgan fingerprint density at radius 1 is 1.33 bits per heavy atom. The van der Waals surface area contributed by atoms with E-state index in [-0.39, 0.29) is 30.3 Å². The minimum Gasteiger partial charge on any atom is -0.444 e. The third-order valence-corrected chi connectivity index (χ3v) is 4.83. The van der Waals surface area contributed by atoms with Gasteiger partial charge in [-0.2, -0.15) is 8.42 Å². The Hall–Kier alpha value is -2.24. The molecule has 1 aliphatic heterocycles. The minimum absolute atomic E-state index is 0.130. The van der Waals surface area contributed by atoms with Crippen LogP contribution in [0.25, 0.3) is 0 Å². The number of rotatable bonds is 5. The molecule has 2 rings (SSSR count). The van der Waals surface area contributed by atoms with Gasteiger partial charge in [0.05, 0.1) is 29.6 Å². The molecule has 0 N–H and O–H groups in total. The van der Waals surface area contributed by atoms with Crippen molar-refractivity contribution in [3.63, 3.8) is 0 Å². The first-order chi connectivity index (χ1) is 12.5. The van der Waals surface area contributed by atoms with E-state index in [1.807, 2.05) is 0 Å². The summed E-state index contributed by atoms with van der Waals surface area (Å²) in [6.07, 6.45) is -1.15. The Bertz CT molecular complexity index is 786. The summed E-state index contributed by atoms with van der Waals surface area (Å²) in [7, 11) is -4.11. The molecule has 0 spiro atoms. The van der Waals surface area contributed by atoms with Crippen LogP contribution in [0.1, 0.15) is 20.8 Å².